The maximum Gasteiger partial charge on any atom is 0.271 e. The van der Waals surface area contributed by atoms with Gasteiger partial charge in [-0.1, -0.05) is 6.92 Å². The van der Waals surface area contributed by atoms with Crippen LogP contribution in [0.1, 0.15) is 61.3 Å². The zero-order chi connectivity index (χ0) is 31.1. The molecule has 4 fully saturated rings. The molecule has 1 aliphatic carbocycles. The predicted octanol–water partition coefficient (Wildman–Crippen LogP) is 3.88. The Kier molecular flexibility index (Phi) is 8.22. The van der Waals surface area contributed by atoms with Crippen LogP contribution in [0.2, 0.25) is 0 Å². The topological polar surface area (TPSA) is 137 Å². The number of nitrogens with two attached hydrogens (primary N) is 1. The number of carbonyl (C=O) groups excluding carboxylic acids is 1. The first-order valence-corrected chi connectivity index (χ1v) is 16.6. The van der Waals surface area contributed by atoms with E-state index in [9.17, 15) is 4.79 Å². The molecule has 3 saturated heterocycles. The van der Waals surface area contributed by atoms with E-state index in [1.807, 2.05) is 13.0 Å². The number of amides is 1. The Hall–Kier alpha value is -3.61. The molecule has 5 heterocycles. The smallest absolute Gasteiger partial charge is 0.271 e. The van der Waals surface area contributed by atoms with Crippen LogP contribution in [-0.4, -0.2) is 103 Å². The molecule has 1 atom stereocenters. The summed E-state index contributed by atoms with van der Waals surface area (Å²) in [5, 5.41) is 15.5. The molecular weight excluding hydrogens is 568 g/mol. The highest BCUT2D eigenvalue weighted by Gasteiger charge is 2.50. The average Bonchev–Trinajstić information content (AvgIpc) is 3.44. The Balaban J connectivity index is 1.10. The lowest BCUT2D eigenvalue weighted by molar-refractivity contribution is -0.159. The molecule has 4 N–H and O–H groups in total. The Bertz CT molecular complexity index is 1480. The standard InChI is InChI=1S/C33H46N10O2/c1-4-22-16-23(5-6-27(22)43-9-7-25(8-10-43)42-13-11-41(3)12-14-42)35-32-29(30(34)44)37-28(26-15-21(2)39-40-26)31(38-32)36-24-17-33(18-24)19-45-20-33/h5-6,15-16,21,24-25H,4,7-14,17-20H2,1-3H3,(H2,34,44)(H2,35,36,38). The van der Waals surface area contributed by atoms with Crippen LogP contribution < -0.4 is 21.3 Å². The molecule has 5 aliphatic rings. The van der Waals surface area contributed by atoms with E-state index in [0.29, 0.717) is 34.5 Å². The van der Waals surface area contributed by atoms with Crippen molar-refractivity contribution in [3.05, 3.63) is 41.2 Å². The molecule has 1 amide bonds. The number of benzene rings is 1. The number of azo groups is 1. The van der Waals surface area contributed by atoms with Gasteiger partial charge in [-0.15, -0.1) is 0 Å². The van der Waals surface area contributed by atoms with Crippen LogP contribution in [0.5, 0.6) is 0 Å². The van der Waals surface area contributed by atoms with Crippen molar-refractivity contribution >= 4 is 34.6 Å². The zero-order valence-electron chi connectivity index (χ0n) is 26.8. The van der Waals surface area contributed by atoms with E-state index in [1.54, 1.807) is 0 Å². The molecule has 1 saturated carbocycles. The fourth-order valence-corrected chi connectivity index (χ4v) is 7.51. The number of aryl methyl sites for hydroxylation is 1. The summed E-state index contributed by atoms with van der Waals surface area (Å²) in [4.78, 5) is 30.0. The van der Waals surface area contributed by atoms with Crippen molar-refractivity contribution in [2.45, 2.75) is 64.1 Å². The lowest BCUT2D eigenvalue weighted by Gasteiger charge is -2.53. The van der Waals surface area contributed by atoms with Crippen LogP contribution >= 0.6 is 0 Å². The molecule has 0 bridgehead atoms. The number of rotatable bonds is 9. The summed E-state index contributed by atoms with van der Waals surface area (Å²) in [5.74, 6) is 0.268. The summed E-state index contributed by atoms with van der Waals surface area (Å²) >= 11 is 0. The molecule has 240 valence electrons. The van der Waals surface area contributed by atoms with Crippen LogP contribution in [0, 0.1) is 5.41 Å². The lowest BCUT2D eigenvalue weighted by atomic mass is 9.64. The number of hydrogen-bond donors (Lipinski definition) is 3. The molecule has 1 aromatic heterocycles. The summed E-state index contributed by atoms with van der Waals surface area (Å²) in [6.07, 6.45) is 7.23. The molecule has 7 rings (SSSR count). The third kappa shape index (κ3) is 6.15. The van der Waals surface area contributed by atoms with Gasteiger partial charge in [-0.25, -0.2) is 9.97 Å². The summed E-state index contributed by atoms with van der Waals surface area (Å²) in [6, 6.07) is 7.29. The molecule has 45 heavy (non-hydrogen) atoms. The maximum atomic E-state index is 12.7. The number of hydrogen-bond acceptors (Lipinski definition) is 11. The highest BCUT2D eigenvalue weighted by atomic mass is 16.5. The minimum absolute atomic E-state index is 0.0628. The van der Waals surface area contributed by atoms with Gasteiger partial charge < -0.3 is 30.9 Å². The number of nitrogens with one attached hydrogen (secondary N) is 2. The fourth-order valence-electron chi connectivity index (χ4n) is 7.51. The lowest BCUT2D eigenvalue weighted by Crippen LogP contribution is -2.56. The molecule has 12 heteroatoms. The molecule has 12 nitrogen and oxygen atoms in total. The van der Waals surface area contributed by atoms with Crippen LogP contribution in [0.15, 0.2) is 34.5 Å². The highest BCUT2D eigenvalue weighted by Crippen LogP contribution is 2.48. The van der Waals surface area contributed by atoms with Crippen molar-refractivity contribution in [2.75, 3.05) is 75.1 Å². The normalized spacial score (nSPS) is 23.9. The van der Waals surface area contributed by atoms with Crippen molar-refractivity contribution in [3.63, 3.8) is 0 Å². The molecule has 0 radical (unpaired) electrons. The minimum Gasteiger partial charge on any atom is -0.380 e. The first kappa shape index (κ1) is 30.1. The van der Waals surface area contributed by atoms with Crippen molar-refractivity contribution in [2.24, 2.45) is 21.4 Å². The van der Waals surface area contributed by atoms with Crippen molar-refractivity contribution < 1.29 is 9.53 Å². The second-order valence-corrected chi connectivity index (χ2v) is 13.6. The third-order valence-corrected chi connectivity index (χ3v) is 10.2. The largest absolute Gasteiger partial charge is 0.380 e. The highest BCUT2D eigenvalue weighted by molar-refractivity contribution is 5.97. The van der Waals surface area contributed by atoms with E-state index in [0.717, 1.165) is 64.3 Å². The third-order valence-electron chi connectivity index (χ3n) is 10.2. The Morgan fingerprint density at radius 1 is 1.07 bits per heavy atom. The second-order valence-electron chi connectivity index (χ2n) is 13.6. The van der Waals surface area contributed by atoms with Crippen molar-refractivity contribution in [3.8, 4) is 0 Å². The number of piperazine rings is 1. The molecule has 4 aliphatic heterocycles. The van der Waals surface area contributed by atoms with Crippen LogP contribution in [0.3, 0.4) is 0 Å². The van der Waals surface area contributed by atoms with Gasteiger partial charge >= 0.3 is 0 Å². The molecular formula is C33H46N10O2. The van der Waals surface area contributed by atoms with E-state index in [1.165, 1.54) is 37.2 Å². The molecule has 1 spiro atoms. The fraction of sp³-hybridized carbons (Fsp3) is 0.606. The Labute approximate surface area is 265 Å². The maximum absolute atomic E-state index is 12.7. The van der Waals surface area contributed by atoms with Gasteiger partial charge in [-0.2, -0.15) is 10.2 Å². The predicted molar refractivity (Wildman–Crippen MR) is 176 cm³/mol. The van der Waals surface area contributed by atoms with Crippen LogP contribution in [-0.2, 0) is 11.2 Å². The summed E-state index contributed by atoms with van der Waals surface area (Å²) in [5.41, 5.74) is 10.7. The molecule has 2 aromatic rings. The number of ether oxygens (including phenoxy) is 1. The summed E-state index contributed by atoms with van der Waals surface area (Å²) in [6.45, 7) is 12.6. The SMILES string of the molecule is CCc1cc(Nc2nc(NC3CC4(COC4)C3)c(C3=CC(C)N=N3)nc2C(N)=O)ccc1N1CCC(N2CCN(C)CC2)CC1. The minimum atomic E-state index is -0.647. The van der Waals surface area contributed by atoms with Gasteiger partial charge in [0.1, 0.15) is 11.4 Å². The Morgan fingerprint density at radius 2 is 1.82 bits per heavy atom. The van der Waals surface area contributed by atoms with Gasteiger partial charge in [-0.05, 0) is 75.9 Å². The van der Waals surface area contributed by atoms with Gasteiger partial charge in [-0.3, -0.25) is 9.69 Å². The van der Waals surface area contributed by atoms with Crippen molar-refractivity contribution in [1.82, 2.24) is 19.8 Å². The van der Waals surface area contributed by atoms with Crippen LogP contribution in [0.4, 0.5) is 23.0 Å². The van der Waals surface area contributed by atoms with Gasteiger partial charge in [0, 0.05) is 68.1 Å². The number of anilines is 4. The number of likely N-dealkylation sites (N-methyl/N-ethyl adjacent to an activating group) is 1. The van der Waals surface area contributed by atoms with E-state index in [-0.39, 0.29) is 17.8 Å². The van der Waals surface area contributed by atoms with Crippen LogP contribution in [0.25, 0.3) is 5.70 Å². The Morgan fingerprint density at radius 3 is 2.44 bits per heavy atom. The van der Waals surface area contributed by atoms with Gasteiger partial charge in [0.15, 0.2) is 17.3 Å². The molecule has 1 aromatic carbocycles. The monoisotopic (exact) mass is 614 g/mol. The first-order valence-electron chi connectivity index (χ1n) is 16.6. The van der Waals surface area contributed by atoms with Gasteiger partial charge in [0.25, 0.3) is 5.91 Å². The average molecular weight is 615 g/mol. The van der Waals surface area contributed by atoms with E-state index < -0.39 is 5.91 Å². The van der Waals surface area contributed by atoms with Gasteiger partial charge in [0.05, 0.1) is 19.3 Å². The number of carbonyl (C=O) groups is 1. The van der Waals surface area contributed by atoms with E-state index in [4.69, 9.17) is 20.4 Å². The zero-order valence-corrected chi connectivity index (χ0v) is 26.8. The summed E-state index contributed by atoms with van der Waals surface area (Å²) in [7, 11) is 2.22. The summed E-state index contributed by atoms with van der Waals surface area (Å²) < 4.78 is 5.46. The van der Waals surface area contributed by atoms with E-state index >= 15 is 0 Å². The van der Waals surface area contributed by atoms with E-state index in [2.05, 4.69) is 67.7 Å². The molecule has 1 unspecified atom stereocenters. The number of piperidine rings is 1. The number of primary amides is 1. The number of nitrogens with zero attached hydrogens (tertiary/aromatic N) is 7. The van der Waals surface area contributed by atoms with Crippen molar-refractivity contribution in [1.29, 1.82) is 0 Å². The number of aromatic nitrogens is 2. The second kappa shape index (κ2) is 12.3. The first-order chi connectivity index (χ1) is 21.8. The van der Waals surface area contributed by atoms with Gasteiger partial charge in [0.2, 0.25) is 0 Å². The quantitative estimate of drug-likeness (QED) is 0.384.